The van der Waals surface area contributed by atoms with Gasteiger partial charge < -0.3 is 19.7 Å². The highest BCUT2D eigenvalue weighted by atomic mass is 32.1. The van der Waals surface area contributed by atoms with Gasteiger partial charge in [-0.2, -0.15) is 0 Å². The summed E-state index contributed by atoms with van der Waals surface area (Å²) in [5.74, 6) is 0.615. The highest BCUT2D eigenvalue weighted by molar-refractivity contribution is 7.15. The number of amides is 1. The summed E-state index contributed by atoms with van der Waals surface area (Å²) >= 11 is 1.53. The van der Waals surface area contributed by atoms with Crippen LogP contribution in [0.1, 0.15) is 29.4 Å². The summed E-state index contributed by atoms with van der Waals surface area (Å²) in [4.78, 5) is 19.1. The average molecular weight is 440 g/mol. The summed E-state index contributed by atoms with van der Waals surface area (Å²) in [6, 6.07) is 13.2. The largest absolute Gasteiger partial charge is 0.484 e. The van der Waals surface area contributed by atoms with Crippen molar-refractivity contribution in [2.24, 2.45) is 0 Å². The molecule has 3 aromatic rings. The molecule has 0 unspecified atom stereocenters. The number of anilines is 2. The SMILES string of the molecule is CCc1nnc(Nc2cc(C)nc([C@@H]3CN(C(=O)COc4ccccc4)CCO3)c2)s1. The molecule has 162 valence electrons. The van der Waals surface area contributed by atoms with Gasteiger partial charge in [-0.3, -0.25) is 9.78 Å². The topological polar surface area (TPSA) is 89.5 Å². The van der Waals surface area contributed by atoms with E-state index in [1.54, 1.807) is 4.90 Å². The Balaban J connectivity index is 1.41. The van der Waals surface area contributed by atoms with Gasteiger partial charge in [0.1, 0.15) is 16.9 Å². The Labute approximate surface area is 185 Å². The van der Waals surface area contributed by atoms with Crippen LogP contribution in [0.4, 0.5) is 10.8 Å². The second kappa shape index (κ2) is 9.84. The highest BCUT2D eigenvalue weighted by Gasteiger charge is 2.27. The van der Waals surface area contributed by atoms with Gasteiger partial charge in [-0.15, -0.1) is 10.2 Å². The molecule has 2 aromatic heterocycles. The number of pyridine rings is 1. The van der Waals surface area contributed by atoms with Crippen LogP contribution in [0.15, 0.2) is 42.5 Å². The van der Waals surface area contributed by atoms with Crippen molar-refractivity contribution in [2.45, 2.75) is 26.4 Å². The minimum Gasteiger partial charge on any atom is -0.484 e. The van der Waals surface area contributed by atoms with Crippen molar-refractivity contribution >= 4 is 28.1 Å². The molecule has 1 aromatic carbocycles. The number of hydrogen-bond donors (Lipinski definition) is 1. The third-order valence-electron chi connectivity index (χ3n) is 4.85. The molecule has 8 nitrogen and oxygen atoms in total. The standard InChI is InChI=1S/C22H25N5O3S/c1-3-20-25-26-22(31-20)24-16-11-15(2)23-18(12-16)19-13-27(9-10-29-19)21(28)14-30-17-7-5-4-6-8-17/h4-8,11-12,19H,3,9-10,13-14H2,1-2H3,(H,23,24,26)/t19-/m0/s1. The van der Waals surface area contributed by atoms with E-state index >= 15 is 0 Å². The van der Waals surface area contributed by atoms with Crippen LogP contribution >= 0.6 is 11.3 Å². The van der Waals surface area contributed by atoms with E-state index in [9.17, 15) is 4.79 Å². The van der Waals surface area contributed by atoms with E-state index < -0.39 is 0 Å². The predicted molar refractivity (Wildman–Crippen MR) is 119 cm³/mol. The van der Waals surface area contributed by atoms with Gasteiger partial charge in [0.25, 0.3) is 5.91 Å². The third kappa shape index (κ3) is 5.56. The van der Waals surface area contributed by atoms with E-state index in [1.807, 2.05) is 49.4 Å². The lowest BCUT2D eigenvalue weighted by Crippen LogP contribution is -2.44. The number of carbonyl (C=O) groups excluding carboxylic acids is 1. The van der Waals surface area contributed by atoms with Crippen molar-refractivity contribution in [1.82, 2.24) is 20.1 Å². The number of nitrogens with one attached hydrogen (secondary N) is 1. The Morgan fingerprint density at radius 1 is 1.29 bits per heavy atom. The number of carbonyl (C=O) groups is 1. The first-order chi connectivity index (χ1) is 15.1. The maximum absolute atomic E-state index is 12.7. The minimum absolute atomic E-state index is 0.00158. The van der Waals surface area contributed by atoms with Gasteiger partial charge >= 0.3 is 0 Å². The first kappa shape index (κ1) is 21.2. The van der Waals surface area contributed by atoms with E-state index in [0.717, 1.165) is 33.6 Å². The lowest BCUT2D eigenvalue weighted by Gasteiger charge is -2.32. The normalized spacial score (nSPS) is 16.2. The Kier molecular flexibility index (Phi) is 6.73. The highest BCUT2D eigenvalue weighted by Crippen LogP contribution is 2.27. The molecule has 1 N–H and O–H groups in total. The van der Waals surface area contributed by atoms with Crippen LogP contribution in [-0.4, -0.2) is 52.3 Å². The zero-order chi connectivity index (χ0) is 21.6. The molecule has 1 aliphatic heterocycles. The Bertz CT molecular complexity index is 1030. The van der Waals surface area contributed by atoms with E-state index in [2.05, 4.69) is 27.4 Å². The van der Waals surface area contributed by atoms with Crippen LogP contribution in [0.5, 0.6) is 5.75 Å². The van der Waals surface area contributed by atoms with Crippen molar-refractivity contribution in [2.75, 3.05) is 31.6 Å². The van der Waals surface area contributed by atoms with Crippen LogP contribution in [-0.2, 0) is 16.0 Å². The molecule has 0 saturated carbocycles. The molecule has 0 aliphatic carbocycles. The fourth-order valence-electron chi connectivity index (χ4n) is 3.31. The van der Waals surface area contributed by atoms with Crippen LogP contribution in [0.3, 0.4) is 0 Å². The van der Waals surface area contributed by atoms with Crippen LogP contribution < -0.4 is 10.1 Å². The molecule has 0 bridgehead atoms. The first-order valence-electron chi connectivity index (χ1n) is 10.3. The monoisotopic (exact) mass is 439 g/mol. The fraction of sp³-hybridized carbons (Fsp3) is 0.364. The fourth-order valence-corrected chi connectivity index (χ4v) is 4.01. The van der Waals surface area contributed by atoms with Gasteiger partial charge in [0.2, 0.25) is 5.13 Å². The van der Waals surface area contributed by atoms with Crippen LogP contribution in [0.25, 0.3) is 0 Å². The lowest BCUT2D eigenvalue weighted by atomic mass is 10.1. The molecule has 1 amide bonds. The number of benzene rings is 1. The zero-order valence-corrected chi connectivity index (χ0v) is 18.4. The van der Waals surface area contributed by atoms with Crippen LogP contribution in [0.2, 0.25) is 0 Å². The summed E-state index contributed by atoms with van der Waals surface area (Å²) in [6.07, 6.45) is 0.559. The summed E-state index contributed by atoms with van der Waals surface area (Å²) in [6.45, 7) is 5.42. The molecule has 9 heteroatoms. The molecule has 0 radical (unpaired) electrons. The quantitative estimate of drug-likeness (QED) is 0.602. The molecule has 31 heavy (non-hydrogen) atoms. The third-order valence-corrected chi connectivity index (χ3v) is 5.83. The second-order valence-corrected chi connectivity index (χ2v) is 8.26. The van der Waals surface area contributed by atoms with Gasteiger partial charge in [-0.25, -0.2) is 0 Å². The van der Waals surface area contributed by atoms with Gasteiger partial charge in [-0.1, -0.05) is 36.5 Å². The van der Waals surface area contributed by atoms with E-state index in [0.29, 0.717) is 25.4 Å². The number of rotatable bonds is 7. The number of aromatic nitrogens is 3. The Morgan fingerprint density at radius 2 is 2.13 bits per heavy atom. The smallest absolute Gasteiger partial charge is 0.260 e. The molecular formula is C22H25N5O3S. The zero-order valence-electron chi connectivity index (χ0n) is 17.6. The Morgan fingerprint density at radius 3 is 2.90 bits per heavy atom. The van der Waals surface area contributed by atoms with Gasteiger partial charge in [0.05, 0.1) is 18.8 Å². The maximum atomic E-state index is 12.7. The lowest BCUT2D eigenvalue weighted by molar-refractivity contribution is -0.141. The molecule has 1 fully saturated rings. The van der Waals surface area contributed by atoms with E-state index in [4.69, 9.17) is 9.47 Å². The predicted octanol–water partition coefficient (Wildman–Crippen LogP) is 3.53. The number of nitrogens with zero attached hydrogens (tertiary/aromatic N) is 4. The number of aryl methyl sites for hydroxylation is 2. The van der Waals surface area contributed by atoms with Crippen molar-refractivity contribution in [1.29, 1.82) is 0 Å². The number of ether oxygens (including phenoxy) is 2. The first-order valence-corrected chi connectivity index (χ1v) is 11.1. The molecule has 3 heterocycles. The molecule has 4 rings (SSSR count). The maximum Gasteiger partial charge on any atom is 0.260 e. The van der Waals surface area contributed by atoms with Gasteiger partial charge in [0, 0.05) is 17.9 Å². The molecule has 1 atom stereocenters. The van der Waals surface area contributed by atoms with Crippen LogP contribution in [0, 0.1) is 6.92 Å². The molecule has 1 saturated heterocycles. The molecule has 1 aliphatic rings. The summed E-state index contributed by atoms with van der Waals surface area (Å²) < 4.78 is 11.5. The summed E-state index contributed by atoms with van der Waals surface area (Å²) in [5, 5.41) is 13.3. The summed E-state index contributed by atoms with van der Waals surface area (Å²) in [7, 11) is 0. The Hall–Kier alpha value is -3.04. The second-order valence-electron chi connectivity index (χ2n) is 7.20. The van der Waals surface area contributed by atoms with E-state index in [1.165, 1.54) is 11.3 Å². The summed E-state index contributed by atoms with van der Waals surface area (Å²) in [5.41, 5.74) is 2.52. The number of morpholine rings is 1. The minimum atomic E-state index is -0.296. The van der Waals surface area contributed by atoms with Crippen molar-refractivity contribution in [3.63, 3.8) is 0 Å². The molecular weight excluding hydrogens is 414 g/mol. The number of para-hydroxylation sites is 1. The van der Waals surface area contributed by atoms with E-state index in [-0.39, 0.29) is 18.6 Å². The van der Waals surface area contributed by atoms with Crippen molar-refractivity contribution < 1.29 is 14.3 Å². The van der Waals surface area contributed by atoms with Gasteiger partial charge in [0.15, 0.2) is 6.61 Å². The van der Waals surface area contributed by atoms with Gasteiger partial charge in [-0.05, 0) is 37.6 Å². The van der Waals surface area contributed by atoms with Crippen molar-refractivity contribution in [3.05, 3.63) is 58.9 Å². The molecule has 0 spiro atoms. The van der Waals surface area contributed by atoms with Crippen molar-refractivity contribution in [3.8, 4) is 5.75 Å². The average Bonchev–Trinajstić information content (AvgIpc) is 3.25. The number of hydrogen-bond acceptors (Lipinski definition) is 8.